The van der Waals surface area contributed by atoms with Crippen LogP contribution in [0.3, 0.4) is 0 Å². The Balaban J connectivity index is 2.05. The van der Waals surface area contributed by atoms with Crippen LogP contribution in [-0.2, 0) is 15.8 Å². The maximum absolute atomic E-state index is 13.0. The fourth-order valence-electron chi connectivity index (χ4n) is 3.43. The van der Waals surface area contributed by atoms with E-state index in [1.54, 1.807) is 6.92 Å². The molecule has 0 aromatic heterocycles. The van der Waals surface area contributed by atoms with E-state index in [0.717, 1.165) is 25.3 Å². The summed E-state index contributed by atoms with van der Waals surface area (Å²) >= 11 is 0. The van der Waals surface area contributed by atoms with Gasteiger partial charge in [0.1, 0.15) is 0 Å². The zero-order chi connectivity index (χ0) is 19.3. The van der Waals surface area contributed by atoms with Gasteiger partial charge in [0.25, 0.3) is 0 Å². The molecular formula is C18H24F3N3O2. The summed E-state index contributed by atoms with van der Waals surface area (Å²) in [6.07, 6.45) is -2.03. The molecule has 8 heteroatoms. The Bertz CT molecular complexity index is 649. The monoisotopic (exact) mass is 371 g/mol. The lowest BCUT2D eigenvalue weighted by atomic mass is 9.94. The standard InChI is InChI=1S/C18H24F3N3O2/c1-2-24(17(26)13-7-5-6-12(13)10-22)11-16(25)23-15-9-4-3-8-14(15)18(19,20)21/h3-4,8-9,12-13H,2,5-7,10-11,22H2,1H3,(H,23,25)/t12-,13-/m1/s1. The van der Waals surface area contributed by atoms with E-state index in [0.29, 0.717) is 13.1 Å². The molecule has 1 fully saturated rings. The summed E-state index contributed by atoms with van der Waals surface area (Å²) in [6, 6.07) is 4.77. The second kappa shape index (κ2) is 8.53. The van der Waals surface area contributed by atoms with Crippen LogP contribution >= 0.6 is 0 Å². The van der Waals surface area contributed by atoms with Crippen LogP contribution in [0.2, 0.25) is 0 Å². The average molecular weight is 371 g/mol. The van der Waals surface area contributed by atoms with E-state index in [1.165, 1.54) is 23.1 Å². The highest BCUT2D eigenvalue weighted by Gasteiger charge is 2.36. The summed E-state index contributed by atoms with van der Waals surface area (Å²) in [7, 11) is 0. The number of nitrogens with one attached hydrogen (secondary N) is 1. The van der Waals surface area contributed by atoms with E-state index in [4.69, 9.17) is 5.73 Å². The first-order valence-corrected chi connectivity index (χ1v) is 8.72. The number of halogens is 3. The summed E-state index contributed by atoms with van der Waals surface area (Å²) in [5.41, 5.74) is 4.48. The molecule has 3 N–H and O–H groups in total. The van der Waals surface area contributed by atoms with E-state index in [2.05, 4.69) is 5.32 Å². The second-order valence-electron chi connectivity index (χ2n) is 6.48. The Kier molecular flexibility index (Phi) is 6.63. The van der Waals surface area contributed by atoms with Gasteiger partial charge in [0.15, 0.2) is 0 Å². The Morgan fingerprint density at radius 2 is 1.96 bits per heavy atom. The van der Waals surface area contributed by atoms with E-state index in [-0.39, 0.29) is 30.0 Å². The van der Waals surface area contributed by atoms with Gasteiger partial charge in [0.2, 0.25) is 11.8 Å². The third-order valence-corrected chi connectivity index (χ3v) is 4.81. The van der Waals surface area contributed by atoms with E-state index < -0.39 is 17.6 Å². The molecule has 1 aromatic rings. The minimum absolute atomic E-state index is 0.102. The van der Waals surface area contributed by atoms with E-state index >= 15 is 0 Å². The molecule has 0 bridgehead atoms. The van der Waals surface area contributed by atoms with Crippen LogP contribution in [0.4, 0.5) is 18.9 Å². The molecule has 5 nitrogen and oxygen atoms in total. The van der Waals surface area contributed by atoms with Crippen molar-refractivity contribution in [2.24, 2.45) is 17.6 Å². The summed E-state index contributed by atoms with van der Waals surface area (Å²) in [5, 5.41) is 2.28. The van der Waals surface area contributed by atoms with Crippen LogP contribution in [-0.4, -0.2) is 36.3 Å². The lowest BCUT2D eigenvalue weighted by molar-refractivity contribution is -0.139. The number of para-hydroxylation sites is 1. The highest BCUT2D eigenvalue weighted by molar-refractivity contribution is 5.95. The topological polar surface area (TPSA) is 75.4 Å². The normalized spacial score (nSPS) is 20.0. The third kappa shape index (κ3) is 4.75. The average Bonchev–Trinajstić information content (AvgIpc) is 3.07. The Hall–Kier alpha value is -2.09. The lowest BCUT2D eigenvalue weighted by Gasteiger charge is -2.26. The molecule has 26 heavy (non-hydrogen) atoms. The van der Waals surface area contributed by atoms with Crippen LogP contribution in [0.25, 0.3) is 0 Å². The van der Waals surface area contributed by atoms with Gasteiger partial charge < -0.3 is 16.0 Å². The van der Waals surface area contributed by atoms with Crippen molar-refractivity contribution in [3.63, 3.8) is 0 Å². The number of carbonyl (C=O) groups excluding carboxylic acids is 2. The zero-order valence-electron chi connectivity index (χ0n) is 14.7. The predicted molar refractivity (Wildman–Crippen MR) is 92.2 cm³/mol. The van der Waals surface area contributed by atoms with Gasteiger partial charge in [-0.05, 0) is 44.4 Å². The number of anilines is 1. The summed E-state index contributed by atoms with van der Waals surface area (Å²) in [6.45, 7) is 2.18. The minimum Gasteiger partial charge on any atom is -0.333 e. The smallest absolute Gasteiger partial charge is 0.333 e. The number of alkyl halides is 3. The van der Waals surface area contributed by atoms with Crippen LogP contribution in [0.1, 0.15) is 31.7 Å². The fourth-order valence-corrected chi connectivity index (χ4v) is 3.43. The molecular weight excluding hydrogens is 347 g/mol. The van der Waals surface area contributed by atoms with Crippen LogP contribution < -0.4 is 11.1 Å². The van der Waals surface area contributed by atoms with Gasteiger partial charge in [-0.1, -0.05) is 18.6 Å². The zero-order valence-corrected chi connectivity index (χ0v) is 14.7. The SMILES string of the molecule is CCN(CC(=O)Nc1ccccc1C(F)(F)F)C(=O)[C@@H]1CCC[C@@H]1CN. The molecule has 0 radical (unpaired) electrons. The number of likely N-dealkylation sites (N-methyl/N-ethyl adjacent to an activating group) is 1. The van der Waals surface area contributed by atoms with Crippen molar-refractivity contribution in [3.8, 4) is 0 Å². The summed E-state index contributed by atoms with van der Waals surface area (Å²) in [4.78, 5) is 26.3. The second-order valence-corrected chi connectivity index (χ2v) is 6.48. The highest BCUT2D eigenvalue weighted by atomic mass is 19.4. The molecule has 1 aromatic carbocycles. The quantitative estimate of drug-likeness (QED) is 0.807. The fraction of sp³-hybridized carbons (Fsp3) is 0.556. The van der Waals surface area contributed by atoms with Crippen LogP contribution in [0.15, 0.2) is 24.3 Å². The number of carbonyl (C=O) groups is 2. The molecule has 2 rings (SSSR count). The van der Waals surface area contributed by atoms with Crippen molar-refractivity contribution in [2.45, 2.75) is 32.4 Å². The molecule has 2 atom stereocenters. The first-order chi connectivity index (χ1) is 12.3. The van der Waals surface area contributed by atoms with E-state index in [1.807, 2.05) is 0 Å². The van der Waals surface area contributed by atoms with Gasteiger partial charge >= 0.3 is 6.18 Å². The maximum atomic E-state index is 13.0. The van der Waals surface area contributed by atoms with Crippen molar-refractivity contribution >= 4 is 17.5 Å². The predicted octanol–water partition coefficient (Wildman–Crippen LogP) is 2.87. The molecule has 2 amide bonds. The van der Waals surface area contributed by atoms with Crippen molar-refractivity contribution in [1.82, 2.24) is 4.90 Å². The van der Waals surface area contributed by atoms with Crippen molar-refractivity contribution in [2.75, 3.05) is 25.0 Å². The molecule has 1 aliphatic carbocycles. The first kappa shape index (κ1) is 20.2. The van der Waals surface area contributed by atoms with Gasteiger partial charge in [-0.15, -0.1) is 0 Å². The van der Waals surface area contributed by atoms with Crippen LogP contribution in [0, 0.1) is 11.8 Å². The summed E-state index contributed by atoms with van der Waals surface area (Å²) < 4.78 is 39.0. The molecule has 144 valence electrons. The molecule has 0 heterocycles. The molecule has 0 spiro atoms. The number of amides is 2. The number of nitrogens with zero attached hydrogens (tertiary/aromatic N) is 1. The minimum atomic E-state index is -4.57. The Labute approximate surface area is 150 Å². The maximum Gasteiger partial charge on any atom is 0.418 e. The van der Waals surface area contributed by atoms with Gasteiger partial charge in [0.05, 0.1) is 17.8 Å². The third-order valence-electron chi connectivity index (χ3n) is 4.81. The van der Waals surface area contributed by atoms with E-state index in [9.17, 15) is 22.8 Å². The van der Waals surface area contributed by atoms with Crippen LogP contribution in [0.5, 0.6) is 0 Å². The molecule has 1 aliphatic rings. The van der Waals surface area contributed by atoms with Gasteiger partial charge in [0, 0.05) is 12.5 Å². The van der Waals surface area contributed by atoms with Gasteiger partial charge in [-0.3, -0.25) is 9.59 Å². The first-order valence-electron chi connectivity index (χ1n) is 8.72. The Morgan fingerprint density at radius 3 is 2.58 bits per heavy atom. The number of rotatable bonds is 6. The number of hydrogen-bond acceptors (Lipinski definition) is 3. The number of benzene rings is 1. The molecule has 0 saturated heterocycles. The van der Waals surface area contributed by atoms with Gasteiger partial charge in [-0.2, -0.15) is 13.2 Å². The molecule has 1 saturated carbocycles. The van der Waals surface area contributed by atoms with Crippen molar-refractivity contribution in [3.05, 3.63) is 29.8 Å². The van der Waals surface area contributed by atoms with Crippen molar-refractivity contribution < 1.29 is 22.8 Å². The summed E-state index contributed by atoms with van der Waals surface area (Å²) in [5.74, 6) is -0.917. The largest absolute Gasteiger partial charge is 0.418 e. The lowest BCUT2D eigenvalue weighted by Crippen LogP contribution is -2.43. The van der Waals surface area contributed by atoms with Gasteiger partial charge in [-0.25, -0.2) is 0 Å². The molecule has 0 aliphatic heterocycles. The highest BCUT2D eigenvalue weighted by Crippen LogP contribution is 2.35. The Morgan fingerprint density at radius 1 is 1.27 bits per heavy atom. The molecule has 0 unspecified atom stereocenters. The number of hydrogen-bond donors (Lipinski definition) is 2. The van der Waals surface area contributed by atoms with Crippen molar-refractivity contribution in [1.29, 1.82) is 0 Å². The number of nitrogens with two attached hydrogens (primary N) is 1.